The van der Waals surface area contributed by atoms with E-state index in [1.165, 1.54) is 0 Å². The molecule has 1 amide bonds. The van der Waals surface area contributed by atoms with Crippen LogP contribution in [0.1, 0.15) is 12.8 Å². The lowest BCUT2D eigenvalue weighted by atomic mass is 9.97. The summed E-state index contributed by atoms with van der Waals surface area (Å²) in [7, 11) is 0. The molecule has 114 valence electrons. The fourth-order valence-corrected chi connectivity index (χ4v) is 2.52. The van der Waals surface area contributed by atoms with Crippen molar-refractivity contribution in [1.29, 1.82) is 5.26 Å². The Kier molecular flexibility index (Phi) is 5.17. The Morgan fingerprint density at radius 1 is 1.19 bits per heavy atom. The highest BCUT2D eigenvalue weighted by molar-refractivity contribution is 5.97. The Labute approximate surface area is 123 Å². The molecule has 2 aliphatic heterocycles. The van der Waals surface area contributed by atoms with Crippen LogP contribution in [0.3, 0.4) is 0 Å². The van der Waals surface area contributed by atoms with Gasteiger partial charge in [-0.15, -0.1) is 0 Å². The number of amides is 1. The maximum absolute atomic E-state index is 12.3. The second-order valence-corrected chi connectivity index (χ2v) is 5.21. The van der Waals surface area contributed by atoms with Crippen molar-refractivity contribution in [2.75, 3.05) is 39.4 Å². The third-order valence-corrected chi connectivity index (χ3v) is 3.84. The zero-order valence-electron chi connectivity index (χ0n) is 11.8. The average Bonchev–Trinajstić information content (AvgIpc) is 2.53. The number of carbonyl (C=O) groups is 2. The molecule has 0 spiro atoms. The van der Waals surface area contributed by atoms with E-state index in [-0.39, 0.29) is 17.4 Å². The lowest BCUT2D eigenvalue weighted by Gasteiger charge is -2.30. The van der Waals surface area contributed by atoms with Crippen LogP contribution in [-0.2, 0) is 14.3 Å². The molecule has 0 unspecified atom stereocenters. The van der Waals surface area contributed by atoms with E-state index in [1.54, 1.807) is 11.1 Å². The molecule has 2 rings (SSSR count). The topological polar surface area (TPSA) is 93.9 Å². The first-order valence-corrected chi connectivity index (χ1v) is 7.07. The van der Waals surface area contributed by atoms with E-state index in [0.29, 0.717) is 52.2 Å². The second kappa shape index (κ2) is 7.09. The number of likely N-dealkylation sites (tertiary alicyclic amines) is 1. The molecule has 1 N–H and O–H groups in total. The predicted octanol–water partition coefficient (Wildman–Crippen LogP) is 0.0493. The van der Waals surface area contributed by atoms with Crippen molar-refractivity contribution < 1.29 is 19.4 Å². The maximum atomic E-state index is 12.3. The molecule has 7 heteroatoms. The predicted molar refractivity (Wildman–Crippen MR) is 73.0 cm³/mol. The van der Waals surface area contributed by atoms with Gasteiger partial charge in [0.05, 0.1) is 19.1 Å². The Balaban J connectivity index is 1.96. The van der Waals surface area contributed by atoms with Crippen LogP contribution in [0.15, 0.2) is 11.8 Å². The van der Waals surface area contributed by atoms with Gasteiger partial charge in [-0.05, 0) is 12.8 Å². The van der Waals surface area contributed by atoms with Gasteiger partial charge in [-0.2, -0.15) is 5.26 Å². The summed E-state index contributed by atoms with van der Waals surface area (Å²) in [4.78, 5) is 26.7. The zero-order valence-corrected chi connectivity index (χ0v) is 11.8. The van der Waals surface area contributed by atoms with E-state index in [4.69, 9.17) is 9.84 Å². The molecule has 2 saturated heterocycles. The summed E-state index contributed by atoms with van der Waals surface area (Å²) in [6.07, 6.45) is 2.48. The lowest BCUT2D eigenvalue weighted by molar-refractivity contribution is -0.145. The van der Waals surface area contributed by atoms with Crippen molar-refractivity contribution in [3.05, 3.63) is 11.8 Å². The van der Waals surface area contributed by atoms with Gasteiger partial charge in [0.2, 0.25) is 0 Å². The number of nitrogens with zero attached hydrogens (tertiary/aromatic N) is 3. The Morgan fingerprint density at radius 2 is 1.81 bits per heavy atom. The average molecular weight is 293 g/mol. The summed E-state index contributed by atoms with van der Waals surface area (Å²) < 4.78 is 5.22. The molecule has 0 aromatic heterocycles. The molecule has 2 aliphatic rings. The van der Waals surface area contributed by atoms with Crippen molar-refractivity contribution in [2.45, 2.75) is 12.8 Å². The summed E-state index contributed by atoms with van der Waals surface area (Å²) in [5.41, 5.74) is 0.102. The molecule has 0 aliphatic carbocycles. The zero-order chi connectivity index (χ0) is 15.2. The largest absolute Gasteiger partial charge is 0.481 e. The van der Waals surface area contributed by atoms with Crippen LogP contribution >= 0.6 is 0 Å². The first-order valence-electron chi connectivity index (χ1n) is 7.07. The molecule has 21 heavy (non-hydrogen) atoms. The number of morpholine rings is 1. The molecular formula is C14H19N3O4. The fraction of sp³-hybridized carbons (Fsp3) is 0.643. The third kappa shape index (κ3) is 3.95. The Hall–Kier alpha value is -2.07. The quantitative estimate of drug-likeness (QED) is 0.583. The number of aliphatic carboxylic acids is 1. The van der Waals surface area contributed by atoms with E-state index < -0.39 is 5.97 Å². The molecule has 2 heterocycles. The molecule has 0 aromatic carbocycles. The van der Waals surface area contributed by atoms with Crippen molar-refractivity contribution in [3.8, 4) is 6.07 Å². The number of piperidine rings is 1. The standard InChI is InChI=1S/C14H19N3O4/c15-9-12(10-16-5-7-21-8-6-16)13(18)17-3-1-11(2-4-17)14(19)20/h10-11H,1-8H2,(H,19,20)/b12-10-. The minimum atomic E-state index is -0.813. The summed E-state index contributed by atoms with van der Waals surface area (Å²) in [6, 6.07) is 1.95. The Morgan fingerprint density at radius 3 is 2.33 bits per heavy atom. The minimum Gasteiger partial charge on any atom is -0.481 e. The monoisotopic (exact) mass is 293 g/mol. The number of hydrogen-bond acceptors (Lipinski definition) is 5. The normalized spacial score (nSPS) is 21.0. The summed E-state index contributed by atoms with van der Waals surface area (Å²) in [6.45, 7) is 3.29. The van der Waals surface area contributed by atoms with Crippen molar-refractivity contribution in [1.82, 2.24) is 9.80 Å². The SMILES string of the molecule is N#C/C(=C/N1CCOCC1)C(=O)N1CCC(C(=O)O)CC1. The van der Waals surface area contributed by atoms with Gasteiger partial charge >= 0.3 is 5.97 Å². The van der Waals surface area contributed by atoms with Gasteiger partial charge in [0.15, 0.2) is 0 Å². The van der Waals surface area contributed by atoms with Gasteiger partial charge in [-0.3, -0.25) is 9.59 Å². The number of ether oxygens (including phenoxy) is 1. The van der Waals surface area contributed by atoms with Gasteiger partial charge in [-0.25, -0.2) is 0 Å². The van der Waals surface area contributed by atoms with Crippen LogP contribution in [-0.4, -0.2) is 66.2 Å². The highest BCUT2D eigenvalue weighted by Crippen LogP contribution is 2.19. The van der Waals surface area contributed by atoms with Crippen LogP contribution in [0.4, 0.5) is 0 Å². The van der Waals surface area contributed by atoms with Crippen LogP contribution in [0.25, 0.3) is 0 Å². The second-order valence-electron chi connectivity index (χ2n) is 5.21. The summed E-state index contributed by atoms with van der Waals surface area (Å²) in [5.74, 6) is -1.51. The molecule has 7 nitrogen and oxygen atoms in total. The first-order chi connectivity index (χ1) is 10.1. The van der Waals surface area contributed by atoms with Crippen molar-refractivity contribution >= 4 is 11.9 Å². The number of carboxylic acid groups (broad SMARTS) is 1. The van der Waals surface area contributed by atoms with Crippen LogP contribution in [0.2, 0.25) is 0 Å². The van der Waals surface area contributed by atoms with Gasteiger partial charge in [-0.1, -0.05) is 0 Å². The fourth-order valence-electron chi connectivity index (χ4n) is 2.52. The van der Waals surface area contributed by atoms with Crippen molar-refractivity contribution in [2.24, 2.45) is 5.92 Å². The summed E-state index contributed by atoms with van der Waals surface area (Å²) in [5, 5.41) is 18.1. The van der Waals surface area contributed by atoms with Gasteiger partial charge in [0.25, 0.3) is 5.91 Å². The van der Waals surface area contributed by atoms with Crippen LogP contribution < -0.4 is 0 Å². The van der Waals surface area contributed by atoms with E-state index in [0.717, 1.165) is 0 Å². The maximum Gasteiger partial charge on any atom is 0.306 e. The van der Waals surface area contributed by atoms with E-state index in [9.17, 15) is 14.9 Å². The van der Waals surface area contributed by atoms with E-state index in [2.05, 4.69) is 0 Å². The van der Waals surface area contributed by atoms with Crippen LogP contribution in [0, 0.1) is 17.2 Å². The molecule has 0 aromatic rings. The van der Waals surface area contributed by atoms with E-state index in [1.807, 2.05) is 11.0 Å². The van der Waals surface area contributed by atoms with Gasteiger partial charge < -0.3 is 19.6 Å². The molecule has 0 saturated carbocycles. The summed E-state index contributed by atoms with van der Waals surface area (Å²) >= 11 is 0. The highest BCUT2D eigenvalue weighted by Gasteiger charge is 2.28. The molecule has 0 bridgehead atoms. The number of hydrogen-bond donors (Lipinski definition) is 1. The molecule has 0 atom stereocenters. The van der Waals surface area contributed by atoms with Crippen LogP contribution in [0.5, 0.6) is 0 Å². The number of rotatable bonds is 3. The number of nitriles is 1. The van der Waals surface area contributed by atoms with Gasteiger partial charge in [0, 0.05) is 32.4 Å². The lowest BCUT2D eigenvalue weighted by Crippen LogP contribution is -2.41. The van der Waals surface area contributed by atoms with Crippen molar-refractivity contribution in [3.63, 3.8) is 0 Å². The third-order valence-electron chi connectivity index (χ3n) is 3.84. The Bertz CT molecular complexity index is 469. The molecule has 0 radical (unpaired) electrons. The smallest absolute Gasteiger partial charge is 0.306 e. The minimum absolute atomic E-state index is 0.102. The first kappa shape index (κ1) is 15.3. The number of carbonyl (C=O) groups excluding carboxylic acids is 1. The molecular weight excluding hydrogens is 274 g/mol. The highest BCUT2D eigenvalue weighted by atomic mass is 16.5. The molecule has 2 fully saturated rings. The van der Waals surface area contributed by atoms with Gasteiger partial charge in [0.1, 0.15) is 11.6 Å². The van der Waals surface area contributed by atoms with E-state index >= 15 is 0 Å². The number of carboxylic acids is 1.